The van der Waals surface area contributed by atoms with Crippen LogP contribution < -0.4 is 5.43 Å². The van der Waals surface area contributed by atoms with Crippen molar-refractivity contribution in [3.63, 3.8) is 0 Å². The Morgan fingerprint density at radius 3 is 2.48 bits per heavy atom. The second-order valence-electron chi connectivity index (χ2n) is 7.55. The van der Waals surface area contributed by atoms with Gasteiger partial charge in [0.1, 0.15) is 11.4 Å². The van der Waals surface area contributed by atoms with Crippen molar-refractivity contribution in [2.45, 2.75) is 33.3 Å². The lowest BCUT2D eigenvalue weighted by Gasteiger charge is -2.18. The normalized spacial score (nSPS) is 11.8. The smallest absolute Gasteiger partial charge is 0.428 e. The number of nitrogens with one attached hydrogen (secondary N) is 1. The first-order chi connectivity index (χ1) is 13.7. The molecule has 0 bridgehead atoms. The Kier molecular flexibility index (Phi) is 5.50. The number of aromatic nitrogens is 1. The van der Waals surface area contributed by atoms with Crippen LogP contribution in [0.1, 0.15) is 48.0 Å². The molecule has 7 heteroatoms. The fourth-order valence-corrected chi connectivity index (χ4v) is 2.99. The van der Waals surface area contributed by atoms with E-state index in [4.69, 9.17) is 4.74 Å². The van der Waals surface area contributed by atoms with E-state index in [1.807, 2.05) is 18.2 Å². The quantitative estimate of drug-likeness (QED) is 0.402. The van der Waals surface area contributed by atoms with Gasteiger partial charge in [0.05, 0.1) is 17.4 Å². The molecule has 0 atom stereocenters. The van der Waals surface area contributed by atoms with Crippen molar-refractivity contribution < 1.29 is 18.7 Å². The first-order valence-electron chi connectivity index (χ1n) is 9.09. The van der Waals surface area contributed by atoms with Gasteiger partial charge in [0.2, 0.25) is 5.78 Å². The molecule has 0 unspecified atom stereocenters. The predicted molar refractivity (Wildman–Crippen MR) is 109 cm³/mol. The minimum atomic E-state index is -0.669. The summed E-state index contributed by atoms with van der Waals surface area (Å²) in [6.45, 7) is 7.08. The SMILES string of the molecule is Cc1c(C=NNC(=O)OC(C)(C)C)c2ccccn2c1C(=O)c1ccc(F)cc1. The van der Waals surface area contributed by atoms with E-state index in [0.29, 0.717) is 22.4 Å². The Hall–Kier alpha value is -3.48. The minimum absolute atomic E-state index is 0.233. The molecule has 0 spiro atoms. The molecule has 3 aromatic rings. The maximum absolute atomic E-state index is 13.2. The second-order valence-corrected chi connectivity index (χ2v) is 7.55. The molecule has 0 aliphatic rings. The number of pyridine rings is 1. The summed E-state index contributed by atoms with van der Waals surface area (Å²) in [5.41, 5.74) is 4.67. The average Bonchev–Trinajstić information content (AvgIpc) is 2.92. The van der Waals surface area contributed by atoms with Crippen molar-refractivity contribution in [2.24, 2.45) is 5.10 Å². The first-order valence-corrected chi connectivity index (χ1v) is 9.09. The van der Waals surface area contributed by atoms with Gasteiger partial charge >= 0.3 is 6.09 Å². The summed E-state index contributed by atoms with van der Waals surface area (Å²) in [6, 6.07) is 10.9. The number of ketones is 1. The number of carbonyl (C=O) groups excluding carboxylic acids is 2. The van der Waals surface area contributed by atoms with E-state index in [0.717, 1.165) is 5.52 Å². The number of amides is 1. The van der Waals surface area contributed by atoms with Gasteiger partial charge in [0, 0.05) is 17.3 Å². The number of fused-ring (bicyclic) bond motifs is 1. The summed E-state index contributed by atoms with van der Waals surface area (Å²) < 4.78 is 20.1. The van der Waals surface area contributed by atoms with Crippen LogP contribution in [-0.4, -0.2) is 28.1 Å². The zero-order chi connectivity index (χ0) is 21.2. The van der Waals surface area contributed by atoms with Gasteiger partial charge in [-0.15, -0.1) is 0 Å². The molecule has 0 saturated heterocycles. The van der Waals surface area contributed by atoms with E-state index in [9.17, 15) is 14.0 Å². The molecule has 29 heavy (non-hydrogen) atoms. The third kappa shape index (κ3) is 4.51. The minimum Gasteiger partial charge on any atom is -0.443 e. The highest BCUT2D eigenvalue weighted by atomic mass is 19.1. The molecule has 2 heterocycles. The van der Waals surface area contributed by atoms with Gasteiger partial charge in [-0.05, 0) is 69.7 Å². The summed E-state index contributed by atoms with van der Waals surface area (Å²) in [7, 11) is 0. The summed E-state index contributed by atoms with van der Waals surface area (Å²) in [6.07, 6.45) is 2.59. The van der Waals surface area contributed by atoms with Crippen LogP contribution in [0.2, 0.25) is 0 Å². The zero-order valence-corrected chi connectivity index (χ0v) is 16.7. The number of hydrogen-bond acceptors (Lipinski definition) is 4. The van der Waals surface area contributed by atoms with Gasteiger partial charge in [0.15, 0.2) is 0 Å². The summed E-state index contributed by atoms with van der Waals surface area (Å²) >= 11 is 0. The number of hydrogen-bond donors (Lipinski definition) is 1. The molecule has 6 nitrogen and oxygen atoms in total. The standard InChI is InChI=1S/C22H22FN3O3/c1-14-17(13-24-25-21(28)29-22(2,3)4)18-7-5-6-12-26(18)19(14)20(27)15-8-10-16(23)11-9-15/h5-13H,1-4H3,(H,25,28). The Labute approximate surface area is 168 Å². The lowest BCUT2D eigenvalue weighted by molar-refractivity contribution is 0.0529. The largest absolute Gasteiger partial charge is 0.443 e. The van der Waals surface area contributed by atoms with E-state index in [2.05, 4.69) is 10.5 Å². The fourth-order valence-electron chi connectivity index (χ4n) is 2.99. The molecule has 0 radical (unpaired) electrons. The molecule has 0 fully saturated rings. The molecule has 1 aromatic carbocycles. The van der Waals surface area contributed by atoms with Crippen LogP contribution in [0.3, 0.4) is 0 Å². The Morgan fingerprint density at radius 1 is 1.14 bits per heavy atom. The van der Waals surface area contributed by atoms with Crippen LogP contribution in [0.25, 0.3) is 5.52 Å². The molecule has 150 valence electrons. The van der Waals surface area contributed by atoms with Crippen LogP contribution in [0.4, 0.5) is 9.18 Å². The molecule has 2 aromatic heterocycles. The van der Waals surface area contributed by atoms with Crippen molar-refractivity contribution >= 4 is 23.6 Å². The number of halogens is 1. The van der Waals surface area contributed by atoms with Gasteiger partial charge in [0.25, 0.3) is 0 Å². The maximum atomic E-state index is 13.2. The van der Waals surface area contributed by atoms with Crippen molar-refractivity contribution in [1.82, 2.24) is 9.83 Å². The Balaban J connectivity index is 1.96. The molecular formula is C22H22FN3O3. The Bertz CT molecular complexity index is 1090. The molecular weight excluding hydrogens is 373 g/mol. The van der Waals surface area contributed by atoms with Gasteiger partial charge in [-0.2, -0.15) is 5.10 Å². The van der Waals surface area contributed by atoms with Crippen LogP contribution >= 0.6 is 0 Å². The van der Waals surface area contributed by atoms with E-state index < -0.39 is 17.5 Å². The van der Waals surface area contributed by atoms with Crippen molar-refractivity contribution in [3.8, 4) is 0 Å². The lowest BCUT2D eigenvalue weighted by atomic mass is 10.0. The summed E-state index contributed by atoms with van der Waals surface area (Å²) in [4.78, 5) is 24.9. The molecule has 1 N–H and O–H groups in total. The zero-order valence-electron chi connectivity index (χ0n) is 16.7. The lowest BCUT2D eigenvalue weighted by Crippen LogP contribution is -2.29. The third-order valence-electron chi connectivity index (χ3n) is 4.21. The average molecular weight is 395 g/mol. The van der Waals surface area contributed by atoms with Crippen molar-refractivity contribution in [2.75, 3.05) is 0 Å². The van der Waals surface area contributed by atoms with E-state index in [1.54, 1.807) is 38.3 Å². The number of nitrogens with zero attached hydrogens (tertiary/aromatic N) is 2. The number of benzene rings is 1. The van der Waals surface area contributed by atoms with E-state index >= 15 is 0 Å². The number of hydrazone groups is 1. The number of ether oxygens (including phenoxy) is 1. The van der Waals surface area contributed by atoms with Crippen LogP contribution in [0, 0.1) is 12.7 Å². The molecule has 0 saturated carbocycles. The maximum Gasteiger partial charge on any atom is 0.428 e. The highest BCUT2D eigenvalue weighted by Gasteiger charge is 2.21. The number of carbonyl (C=O) groups is 2. The topological polar surface area (TPSA) is 72.2 Å². The van der Waals surface area contributed by atoms with Gasteiger partial charge in [-0.1, -0.05) is 6.07 Å². The van der Waals surface area contributed by atoms with Gasteiger partial charge in [-0.3, -0.25) is 4.79 Å². The highest BCUT2D eigenvalue weighted by molar-refractivity contribution is 6.11. The second kappa shape index (κ2) is 7.87. The highest BCUT2D eigenvalue weighted by Crippen LogP contribution is 2.24. The fraction of sp³-hybridized carbons (Fsp3) is 0.227. The van der Waals surface area contributed by atoms with Crippen molar-refractivity contribution in [3.05, 3.63) is 76.9 Å². The number of rotatable bonds is 4. The molecule has 1 amide bonds. The third-order valence-corrected chi connectivity index (χ3v) is 4.21. The van der Waals surface area contributed by atoms with Gasteiger partial charge < -0.3 is 9.14 Å². The monoisotopic (exact) mass is 395 g/mol. The van der Waals surface area contributed by atoms with E-state index in [1.165, 1.54) is 30.5 Å². The molecule has 3 rings (SSSR count). The van der Waals surface area contributed by atoms with E-state index in [-0.39, 0.29) is 5.78 Å². The predicted octanol–water partition coefficient (Wildman–Crippen LogP) is 4.48. The summed E-state index contributed by atoms with van der Waals surface area (Å²) in [5, 5.41) is 3.97. The van der Waals surface area contributed by atoms with Crippen LogP contribution in [0.15, 0.2) is 53.8 Å². The molecule has 0 aliphatic carbocycles. The molecule has 0 aliphatic heterocycles. The Morgan fingerprint density at radius 2 is 1.83 bits per heavy atom. The van der Waals surface area contributed by atoms with Crippen LogP contribution in [0.5, 0.6) is 0 Å². The van der Waals surface area contributed by atoms with Crippen molar-refractivity contribution in [1.29, 1.82) is 0 Å². The first kappa shape index (κ1) is 20.3. The van der Waals surface area contributed by atoms with Gasteiger partial charge in [-0.25, -0.2) is 14.6 Å². The summed E-state index contributed by atoms with van der Waals surface area (Å²) in [5.74, 6) is -0.636. The van der Waals surface area contributed by atoms with Crippen LogP contribution in [-0.2, 0) is 4.74 Å².